The van der Waals surface area contributed by atoms with Crippen molar-refractivity contribution < 1.29 is 4.74 Å². The number of rotatable bonds is 1. The maximum Gasteiger partial charge on any atom is 0.262 e. The van der Waals surface area contributed by atoms with Crippen LogP contribution < -0.4 is 10.3 Å². The fraction of sp³-hybridized carbons (Fsp3) is 0.238. The van der Waals surface area contributed by atoms with Crippen molar-refractivity contribution in [2.45, 2.75) is 26.8 Å². The zero-order chi connectivity index (χ0) is 18.7. The Kier molecular flexibility index (Phi) is 3.78. The van der Waals surface area contributed by atoms with Crippen molar-refractivity contribution in [3.8, 4) is 5.75 Å². The number of thiophene rings is 1. The molecule has 3 aromatic rings. The van der Waals surface area contributed by atoms with Crippen molar-refractivity contribution in [3.05, 3.63) is 67.1 Å². The van der Waals surface area contributed by atoms with Crippen LogP contribution in [-0.4, -0.2) is 16.2 Å². The summed E-state index contributed by atoms with van der Waals surface area (Å²) in [5.74, 6) is 1.63. The first-order chi connectivity index (χ1) is 13.0. The number of ether oxygens (including phenoxy) is 1. The monoisotopic (exact) mass is 396 g/mol. The number of allylic oxidation sites excluding steroid dienone is 1. The van der Waals surface area contributed by atoms with Crippen molar-refractivity contribution in [2.75, 3.05) is 6.61 Å². The number of hydrogen-bond donors (Lipinski definition) is 0. The van der Waals surface area contributed by atoms with Gasteiger partial charge in [-0.2, -0.15) is 0 Å². The molecule has 4 heterocycles. The molecule has 0 radical (unpaired) electrons. The zero-order valence-corrected chi connectivity index (χ0v) is 16.6. The largest absolute Gasteiger partial charge is 0.488 e. The van der Waals surface area contributed by atoms with E-state index in [1.807, 2.05) is 36.6 Å². The summed E-state index contributed by atoms with van der Waals surface area (Å²) in [5, 5.41) is 1.46. The van der Waals surface area contributed by atoms with Gasteiger partial charge in [0.15, 0.2) is 0 Å². The molecule has 0 spiro atoms. The van der Waals surface area contributed by atoms with E-state index in [2.05, 4.69) is 12.2 Å². The summed E-state index contributed by atoms with van der Waals surface area (Å²) >= 11 is 7.70. The average Bonchev–Trinajstić information content (AvgIpc) is 3.16. The van der Waals surface area contributed by atoms with Crippen molar-refractivity contribution >= 4 is 44.8 Å². The molecule has 27 heavy (non-hydrogen) atoms. The highest BCUT2D eigenvalue weighted by Crippen LogP contribution is 2.34. The molecule has 0 amide bonds. The standard InChI is InChI=1S/C21H17ClN2O2S/c1-11-12(2)27-20-18(11)21(25)24-6-5-14(19(24)23-20)7-13-8-15-9-16(22)3-4-17(15)26-10-13/h3-4,7-9H,5-6,10H2,1-2H3/b14-7+. The smallest absolute Gasteiger partial charge is 0.262 e. The topological polar surface area (TPSA) is 44.1 Å². The van der Waals surface area contributed by atoms with Gasteiger partial charge in [0.2, 0.25) is 0 Å². The van der Waals surface area contributed by atoms with Crippen LogP contribution in [0.15, 0.2) is 34.6 Å². The van der Waals surface area contributed by atoms with Crippen molar-refractivity contribution in [3.63, 3.8) is 0 Å². The summed E-state index contributed by atoms with van der Waals surface area (Å²) in [5.41, 5.74) is 4.24. The lowest BCUT2D eigenvalue weighted by molar-refractivity contribution is 0.351. The molecular formula is C21H17ClN2O2S. The fourth-order valence-electron chi connectivity index (χ4n) is 3.73. The van der Waals surface area contributed by atoms with E-state index in [0.717, 1.165) is 55.4 Å². The molecule has 1 aromatic carbocycles. The fourth-order valence-corrected chi connectivity index (χ4v) is 4.93. The highest BCUT2D eigenvalue weighted by atomic mass is 35.5. The lowest BCUT2D eigenvalue weighted by Gasteiger charge is -2.16. The maximum absolute atomic E-state index is 12.9. The molecule has 0 N–H and O–H groups in total. The minimum Gasteiger partial charge on any atom is -0.488 e. The molecule has 0 atom stereocenters. The molecule has 0 fully saturated rings. The summed E-state index contributed by atoms with van der Waals surface area (Å²) in [6.07, 6.45) is 5.00. The van der Waals surface area contributed by atoms with Crippen LogP contribution in [-0.2, 0) is 6.54 Å². The molecule has 0 unspecified atom stereocenters. The first-order valence-corrected chi connectivity index (χ1v) is 10.0. The van der Waals surface area contributed by atoms with Gasteiger partial charge in [-0.25, -0.2) is 4.98 Å². The van der Waals surface area contributed by atoms with Gasteiger partial charge in [0, 0.05) is 22.0 Å². The van der Waals surface area contributed by atoms with Crippen LogP contribution in [0.25, 0.3) is 21.9 Å². The van der Waals surface area contributed by atoms with Crippen molar-refractivity contribution in [1.82, 2.24) is 9.55 Å². The molecule has 2 aliphatic heterocycles. The quantitative estimate of drug-likeness (QED) is 0.582. The third kappa shape index (κ3) is 2.65. The molecule has 6 heteroatoms. The Morgan fingerprint density at radius 2 is 2.19 bits per heavy atom. The molecule has 2 aromatic heterocycles. The second-order valence-electron chi connectivity index (χ2n) is 6.97. The van der Waals surface area contributed by atoms with Crippen LogP contribution in [0, 0.1) is 13.8 Å². The highest BCUT2D eigenvalue weighted by molar-refractivity contribution is 7.18. The van der Waals surface area contributed by atoms with E-state index < -0.39 is 0 Å². The van der Waals surface area contributed by atoms with Gasteiger partial charge in [-0.05, 0) is 67.3 Å². The Morgan fingerprint density at radius 1 is 1.33 bits per heavy atom. The highest BCUT2D eigenvalue weighted by Gasteiger charge is 2.24. The van der Waals surface area contributed by atoms with Crippen molar-refractivity contribution in [2.24, 2.45) is 0 Å². The number of halogens is 1. The van der Waals surface area contributed by atoms with Crippen LogP contribution in [0.2, 0.25) is 5.02 Å². The number of hydrogen-bond acceptors (Lipinski definition) is 4. The summed E-state index contributed by atoms with van der Waals surface area (Å²) in [6, 6.07) is 5.63. The van der Waals surface area contributed by atoms with Crippen LogP contribution in [0.1, 0.15) is 28.2 Å². The minimum atomic E-state index is 0.0752. The Labute approximate surface area is 165 Å². The average molecular weight is 397 g/mol. The van der Waals surface area contributed by atoms with Crippen LogP contribution in [0.4, 0.5) is 0 Å². The van der Waals surface area contributed by atoms with E-state index in [9.17, 15) is 4.79 Å². The number of benzene rings is 1. The second-order valence-corrected chi connectivity index (χ2v) is 8.60. The number of nitrogens with zero attached hydrogens (tertiary/aromatic N) is 2. The first-order valence-electron chi connectivity index (χ1n) is 8.85. The lowest BCUT2D eigenvalue weighted by Crippen LogP contribution is -2.20. The van der Waals surface area contributed by atoms with E-state index in [1.54, 1.807) is 11.3 Å². The Hall–Kier alpha value is -2.37. The van der Waals surface area contributed by atoms with Crippen LogP contribution >= 0.6 is 22.9 Å². The number of aryl methyl sites for hydroxylation is 2. The zero-order valence-electron chi connectivity index (χ0n) is 15.0. The van der Waals surface area contributed by atoms with Gasteiger partial charge in [0.25, 0.3) is 5.56 Å². The summed E-state index contributed by atoms with van der Waals surface area (Å²) in [7, 11) is 0. The molecule has 0 bridgehead atoms. The Balaban J connectivity index is 1.62. The van der Waals surface area contributed by atoms with E-state index in [4.69, 9.17) is 21.3 Å². The van der Waals surface area contributed by atoms with Gasteiger partial charge in [-0.15, -0.1) is 11.3 Å². The van der Waals surface area contributed by atoms with E-state index in [0.29, 0.717) is 18.2 Å². The predicted octanol–water partition coefficient (Wildman–Crippen LogP) is 4.99. The molecular weight excluding hydrogens is 380 g/mol. The summed E-state index contributed by atoms with van der Waals surface area (Å²) < 4.78 is 7.65. The normalized spacial score (nSPS) is 17.0. The number of aromatic nitrogens is 2. The van der Waals surface area contributed by atoms with Gasteiger partial charge in [-0.3, -0.25) is 9.36 Å². The Morgan fingerprint density at radius 3 is 3.04 bits per heavy atom. The van der Waals surface area contributed by atoms with Gasteiger partial charge in [0.1, 0.15) is 23.0 Å². The first kappa shape index (κ1) is 16.8. The summed E-state index contributed by atoms with van der Waals surface area (Å²) in [6.45, 7) is 5.22. The van der Waals surface area contributed by atoms with E-state index in [1.165, 1.54) is 0 Å². The summed E-state index contributed by atoms with van der Waals surface area (Å²) in [4.78, 5) is 19.8. The molecule has 4 nitrogen and oxygen atoms in total. The van der Waals surface area contributed by atoms with Crippen LogP contribution in [0.5, 0.6) is 5.75 Å². The number of fused-ring (bicyclic) bond motifs is 3. The third-order valence-electron chi connectivity index (χ3n) is 5.25. The molecule has 0 saturated heterocycles. The lowest BCUT2D eigenvalue weighted by atomic mass is 10.0. The van der Waals surface area contributed by atoms with Crippen molar-refractivity contribution in [1.29, 1.82) is 0 Å². The van der Waals surface area contributed by atoms with E-state index >= 15 is 0 Å². The minimum absolute atomic E-state index is 0.0752. The van der Waals surface area contributed by atoms with Gasteiger partial charge in [-0.1, -0.05) is 11.6 Å². The van der Waals surface area contributed by atoms with E-state index in [-0.39, 0.29) is 5.56 Å². The SMILES string of the molecule is Cc1sc2nc3n(c(=O)c2c1C)CC/C3=C\C1=Cc2cc(Cl)ccc2OC1. The van der Waals surface area contributed by atoms with Gasteiger partial charge in [0.05, 0.1) is 5.39 Å². The molecule has 2 aliphatic rings. The third-order valence-corrected chi connectivity index (χ3v) is 6.58. The molecule has 5 rings (SSSR count). The second kappa shape index (κ2) is 6.08. The molecule has 0 saturated carbocycles. The van der Waals surface area contributed by atoms with Crippen LogP contribution in [0.3, 0.4) is 0 Å². The predicted molar refractivity (Wildman–Crippen MR) is 111 cm³/mol. The molecule has 0 aliphatic carbocycles. The molecule has 136 valence electrons. The maximum atomic E-state index is 12.9. The van der Waals surface area contributed by atoms with Gasteiger partial charge >= 0.3 is 0 Å². The Bertz CT molecular complexity index is 1230. The van der Waals surface area contributed by atoms with Gasteiger partial charge < -0.3 is 4.74 Å².